The van der Waals surface area contributed by atoms with Crippen molar-refractivity contribution in [2.45, 2.75) is 32.0 Å². The second-order valence-corrected chi connectivity index (χ2v) is 7.50. The van der Waals surface area contributed by atoms with E-state index in [4.69, 9.17) is 9.47 Å². The van der Waals surface area contributed by atoms with Crippen LogP contribution in [0.1, 0.15) is 23.3 Å². The van der Waals surface area contributed by atoms with Crippen LogP contribution < -0.4 is 10.1 Å². The van der Waals surface area contributed by atoms with Crippen LogP contribution in [0.4, 0.5) is 0 Å². The van der Waals surface area contributed by atoms with E-state index in [0.717, 1.165) is 43.9 Å². The van der Waals surface area contributed by atoms with Gasteiger partial charge in [0.05, 0.1) is 19.8 Å². The third-order valence-electron chi connectivity index (χ3n) is 4.48. The highest BCUT2D eigenvalue weighted by Gasteiger charge is 2.21. The zero-order valence-corrected chi connectivity index (χ0v) is 16.0. The molecule has 6 heteroatoms. The van der Waals surface area contributed by atoms with Gasteiger partial charge in [-0.2, -0.15) is 0 Å². The minimum absolute atomic E-state index is 0.0189. The van der Waals surface area contributed by atoms with E-state index in [-0.39, 0.29) is 12.0 Å². The molecule has 2 heterocycles. The number of methoxy groups -OCH3 is 1. The summed E-state index contributed by atoms with van der Waals surface area (Å²) in [7, 11) is 1.64. The summed E-state index contributed by atoms with van der Waals surface area (Å²) in [6.07, 6.45) is 2.42. The van der Waals surface area contributed by atoms with Crippen LogP contribution in [0.2, 0.25) is 0 Å². The number of rotatable bonds is 9. The number of nitrogens with one attached hydrogen (secondary N) is 1. The molecule has 1 aromatic heterocycles. The molecule has 1 saturated heterocycles. The number of ether oxygens (including phenoxy) is 2. The second kappa shape index (κ2) is 9.71. The Kier molecular flexibility index (Phi) is 7.05. The SMILES string of the molecule is COc1ccccc1CNC(=O)CN(Cc1cccs1)C[C@@H]1CCCO1. The lowest BCUT2D eigenvalue weighted by Gasteiger charge is -2.24. The van der Waals surface area contributed by atoms with Gasteiger partial charge < -0.3 is 14.8 Å². The minimum Gasteiger partial charge on any atom is -0.496 e. The highest BCUT2D eigenvalue weighted by atomic mass is 32.1. The van der Waals surface area contributed by atoms with E-state index >= 15 is 0 Å². The molecule has 0 bridgehead atoms. The molecule has 2 aromatic rings. The maximum absolute atomic E-state index is 12.5. The van der Waals surface area contributed by atoms with Crippen molar-refractivity contribution in [2.24, 2.45) is 0 Å². The normalized spacial score (nSPS) is 16.8. The summed E-state index contributed by atoms with van der Waals surface area (Å²) < 4.78 is 11.1. The summed E-state index contributed by atoms with van der Waals surface area (Å²) in [4.78, 5) is 15.9. The molecule has 140 valence electrons. The molecule has 1 aliphatic rings. The zero-order valence-electron chi connectivity index (χ0n) is 15.1. The van der Waals surface area contributed by atoms with Crippen LogP contribution >= 0.6 is 11.3 Å². The number of amides is 1. The lowest BCUT2D eigenvalue weighted by atomic mass is 10.2. The van der Waals surface area contributed by atoms with Gasteiger partial charge in [0.15, 0.2) is 0 Å². The third kappa shape index (κ3) is 5.56. The average Bonchev–Trinajstić information content (AvgIpc) is 3.34. The van der Waals surface area contributed by atoms with Crippen LogP contribution in [0, 0.1) is 0 Å². The quantitative estimate of drug-likeness (QED) is 0.733. The van der Waals surface area contributed by atoms with Gasteiger partial charge >= 0.3 is 0 Å². The maximum Gasteiger partial charge on any atom is 0.234 e. The summed E-state index contributed by atoms with van der Waals surface area (Å²) >= 11 is 1.72. The number of para-hydroxylation sites is 1. The Balaban J connectivity index is 1.55. The van der Waals surface area contributed by atoms with E-state index in [1.165, 1.54) is 4.88 Å². The number of benzene rings is 1. The van der Waals surface area contributed by atoms with Crippen molar-refractivity contribution < 1.29 is 14.3 Å². The molecule has 0 aliphatic carbocycles. The molecule has 1 amide bonds. The Hall–Kier alpha value is -1.89. The summed E-state index contributed by atoms with van der Waals surface area (Å²) in [6.45, 7) is 3.24. The highest BCUT2D eigenvalue weighted by Crippen LogP contribution is 2.18. The Labute approximate surface area is 158 Å². The van der Waals surface area contributed by atoms with E-state index < -0.39 is 0 Å². The highest BCUT2D eigenvalue weighted by molar-refractivity contribution is 7.09. The van der Waals surface area contributed by atoms with Gasteiger partial charge in [-0.15, -0.1) is 11.3 Å². The molecule has 5 nitrogen and oxygen atoms in total. The number of carbonyl (C=O) groups excluding carboxylic acids is 1. The minimum atomic E-state index is 0.0189. The number of nitrogens with zero attached hydrogens (tertiary/aromatic N) is 1. The molecule has 0 saturated carbocycles. The molecule has 0 spiro atoms. The Morgan fingerprint density at radius 2 is 2.23 bits per heavy atom. The zero-order chi connectivity index (χ0) is 18.2. The van der Waals surface area contributed by atoms with Gasteiger partial charge in [-0.25, -0.2) is 0 Å². The lowest BCUT2D eigenvalue weighted by molar-refractivity contribution is -0.122. The summed E-state index contributed by atoms with van der Waals surface area (Å²) in [5.41, 5.74) is 0.979. The van der Waals surface area contributed by atoms with Gasteiger partial charge in [-0.3, -0.25) is 9.69 Å². The van der Waals surface area contributed by atoms with Crippen LogP contribution in [0.25, 0.3) is 0 Å². The largest absolute Gasteiger partial charge is 0.496 e. The number of carbonyl (C=O) groups is 1. The van der Waals surface area contributed by atoms with E-state index in [9.17, 15) is 4.79 Å². The Bertz CT molecular complexity index is 684. The predicted molar refractivity (Wildman–Crippen MR) is 103 cm³/mol. The molecule has 0 unspecified atom stereocenters. The molecule has 1 N–H and O–H groups in total. The van der Waals surface area contributed by atoms with Crippen molar-refractivity contribution >= 4 is 17.2 Å². The van der Waals surface area contributed by atoms with Crippen molar-refractivity contribution in [3.63, 3.8) is 0 Å². The summed E-state index contributed by atoms with van der Waals surface area (Å²) in [5.74, 6) is 0.813. The molecule has 1 aliphatic heterocycles. The number of hydrogen-bond acceptors (Lipinski definition) is 5. The van der Waals surface area contributed by atoms with Gasteiger partial charge in [0.2, 0.25) is 5.91 Å². The predicted octanol–water partition coefficient (Wildman–Crippen LogP) is 3.05. The molecule has 1 fully saturated rings. The maximum atomic E-state index is 12.5. The first kappa shape index (κ1) is 18.9. The van der Waals surface area contributed by atoms with Crippen molar-refractivity contribution in [2.75, 3.05) is 26.8 Å². The lowest BCUT2D eigenvalue weighted by Crippen LogP contribution is -2.40. The smallest absolute Gasteiger partial charge is 0.234 e. The fourth-order valence-electron chi connectivity index (χ4n) is 3.19. The van der Waals surface area contributed by atoms with Gasteiger partial charge in [0, 0.05) is 36.7 Å². The molecule has 1 atom stereocenters. The number of thiophene rings is 1. The van der Waals surface area contributed by atoms with E-state index in [1.807, 2.05) is 30.3 Å². The van der Waals surface area contributed by atoms with Gasteiger partial charge in [0.25, 0.3) is 0 Å². The molecule has 1 aromatic carbocycles. The monoisotopic (exact) mass is 374 g/mol. The van der Waals surface area contributed by atoms with Crippen molar-refractivity contribution in [3.8, 4) is 5.75 Å². The van der Waals surface area contributed by atoms with Crippen molar-refractivity contribution in [1.82, 2.24) is 10.2 Å². The first-order chi connectivity index (χ1) is 12.7. The Morgan fingerprint density at radius 3 is 2.96 bits per heavy atom. The molecule has 26 heavy (non-hydrogen) atoms. The van der Waals surface area contributed by atoms with Crippen LogP contribution in [0.15, 0.2) is 41.8 Å². The van der Waals surface area contributed by atoms with Crippen LogP contribution in [-0.2, 0) is 22.6 Å². The van der Waals surface area contributed by atoms with Crippen LogP contribution in [-0.4, -0.2) is 43.7 Å². The first-order valence-electron chi connectivity index (χ1n) is 8.99. The van der Waals surface area contributed by atoms with Crippen LogP contribution in [0.3, 0.4) is 0 Å². The molecule has 3 rings (SSSR count). The fourth-order valence-corrected chi connectivity index (χ4v) is 3.93. The Morgan fingerprint density at radius 1 is 1.35 bits per heavy atom. The number of hydrogen-bond donors (Lipinski definition) is 1. The molecular formula is C20H26N2O3S. The third-order valence-corrected chi connectivity index (χ3v) is 5.34. The van der Waals surface area contributed by atoms with Crippen LogP contribution in [0.5, 0.6) is 5.75 Å². The average molecular weight is 375 g/mol. The second-order valence-electron chi connectivity index (χ2n) is 6.47. The van der Waals surface area contributed by atoms with E-state index in [2.05, 4.69) is 21.7 Å². The van der Waals surface area contributed by atoms with E-state index in [0.29, 0.717) is 13.1 Å². The van der Waals surface area contributed by atoms with Crippen molar-refractivity contribution in [3.05, 3.63) is 52.2 Å². The summed E-state index contributed by atoms with van der Waals surface area (Å²) in [6, 6.07) is 11.9. The van der Waals surface area contributed by atoms with Gasteiger partial charge in [-0.05, 0) is 30.4 Å². The first-order valence-corrected chi connectivity index (χ1v) is 9.87. The van der Waals surface area contributed by atoms with Gasteiger partial charge in [-0.1, -0.05) is 24.3 Å². The molecule has 0 radical (unpaired) electrons. The van der Waals surface area contributed by atoms with Gasteiger partial charge in [0.1, 0.15) is 5.75 Å². The summed E-state index contributed by atoms with van der Waals surface area (Å²) in [5, 5.41) is 5.08. The fraction of sp³-hybridized carbons (Fsp3) is 0.450. The standard InChI is InChI=1S/C20H26N2O3S/c1-24-19-9-3-2-6-16(19)12-21-20(23)15-22(13-17-7-4-10-25-17)14-18-8-5-11-26-18/h2-3,5-6,8-9,11,17H,4,7,10,12-15H2,1H3,(H,21,23)/t17-/m0/s1. The van der Waals surface area contributed by atoms with E-state index in [1.54, 1.807) is 18.4 Å². The topological polar surface area (TPSA) is 50.8 Å². The molecular weight excluding hydrogens is 348 g/mol. The van der Waals surface area contributed by atoms with Crippen molar-refractivity contribution in [1.29, 1.82) is 0 Å².